The van der Waals surface area contributed by atoms with Gasteiger partial charge in [-0.3, -0.25) is 4.90 Å². The molecule has 0 radical (unpaired) electrons. The minimum absolute atomic E-state index is 0.0719. The van der Waals surface area contributed by atoms with Crippen LogP contribution in [0.5, 0.6) is 0 Å². The third-order valence-electron chi connectivity index (χ3n) is 3.94. The van der Waals surface area contributed by atoms with Crippen molar-refractivity contribution in [2.75, 3.05) is 46.4 Å². The molecule has 0 amide bonds. The average molecular weight is 395 g/mol. The van der Waals surface area contributed by atoms with E-state index in [-0.39, 0.29) is 6.54 Å². The highest BCUT2D eigenvalue weighted by molar-refractivity contribution is 7.89. The zero-order chi connectivity index (χ0) is 19.4. The van der Waals surface area contributed by atoms with E-state index in [0.29, 0.717) is 12.6 Å². The molecule has 0 atom stereocenters. The highest BCUT2D eigenvalue weighted by atomic mass is 32.2. The minimum Gasteiger partial charge on any atom is -0.465 e. The lowest BCUT2D eigenvalue weighted by atomic mass is 10.1. The number of nitrogens with one attached hydrogen (secondary N) is 2. The van der Waals surface area contributed by atoms with E-state index in [4.69, 9.17) is 0 Å². The number of hydrogen-bond acceptors (Lipinski definition) is 6. The highest BCUT2D eigenvalue weighted by Crippen LogP contribution is 2.33. The summed E-state index contributed by atoms with van der Waals surface area (Å²) >= 11 is 0. The van der Waals surface area contributed by atoms with Crippen molar-refractivity contribution in [3.8, 4) is 0 Å². The zero-order valence-electron chi connectivity index (χ0n) is 14.1. The Hall–Kier alpha value is -1.69. The average Bonchev–Trinajstić information content (AvgIpc) is 2.60. The molecule has 1 aromatic carbocycles. The molecule has 2 rings (SSSR count). The van der Waals surface area contributed by atoms with Crippen LogP contribution in [0.25, 0.3) is 0 Å². The number of rotatable bonds is 6. The lowest BCUT2D eigenvalue weighted by Gasteiger charge is -2.27. The van der Waals surface area contributed by atoms with E-state index in [0.717, 1.165) is 45.4 Å². The smallest absolute Gasteiger partial charge is 0.417 e. The van der Waals surface area contributed by atoms with Crippen LogP contribution < -0.4 is 10.0 Å². The number of halogens is 3. The van der Waals surface area contributed by atoms with Crippen molar-refractivity contribution in [1.29, 1.82) is 0 Å². The van der Waals surface area contributed by atoms with Gasteiger partial charge in [0.1, 0.15) is 0 Å². The van der Waals surface area contributed by atoms with Crippen LogP contribution in [-0.4, -0.2) is 65.7 Å². The van der Waals surface area contributed by atoms with Crippen LogP contribution in [0.15, 0.2) is 23.1 Å². The number of alkyl halides is 3. The van der Waals surface area contributed by atoms with Crippen molar-refractivity contribution in [2.24, 2.45) is 0 Å². The van der Waals surface area contributed by atoms with E-state index < -0.39 is 38.2 Å². The number of esters is 1. The fraction of sp³-hybridized carbons (Fsp3) is 0.533. The molecule has 1 aliphatic heterocycles. The summed E-state index contributed by atoms with van der Waals surface area (Å²) < 4.78 is 70.7. The molecule has 1 heterocycles. The van der Waals surface area contributed by atoms with E-state index in [1.54, 1.807) is 0 Å². The van der Waals surface area contributed by atoms with Gasteiger partial charge in [-0.2, -0.15) is 13.2 Å². The van der Waals surface area contributed by atoms with Gasteiger partial charge in [-0.05, 0) is 18.2 Å². The van der Waals surface area contributed by atoms with Gasteiger partial charge in [-0.15, -0.1) is 0 Å². The van der Waals surface area contributed by atoms with Gasteiger partial charge in [0.2, 0.25) is 10.0 Å². The van der Waals surface area contributed by atoms with Gasteiger partial charge in [0, 0.05) is 39.3 Å². The van der Waals surface area contributed by atoms with Gasteiger partial charge in [-0.1, -0.05) is 0 Å². The number of sulfonamides is 1. The topological polar surface area (TPSA) is 87.7 Å². The molecule has 0 unspecified atom stereocenters. The normalized spacial score (nSPS) is 16.5. The van der Waals surface area contributed by atoms with Gasteiger partial charge in [0.25, 0.3) is 0 Å². The Morgan fingerprint density at radius 3 is 2.54 bits per heavy atom. The fourth-order valence-electron chi connectivity index (χ4n) is 2.57. The van der Waals surface area contributed by atoms with Crippen molar-refractivity contribution in [3.63, 3.8) is 0 Å². The van der Waals surface area contributed by atoms with Crippen LogP contribution in [0.3, 0.4) is 0 Å². The fourth-order valence-corrected chi connectivity index (χ4v) is 3.62. The standard InChI is InChI=1S/C15H20F3N3O4S/c1-25-14(22)12-3-2-11(10-13(12)15(16,17)18)26(23,24)20-6-9-21-7-4-19-5-8-21/h2-3,10,19-20H,4-9H2,1H3. The van der Waals surface area contributed by atoms with Crippen molar-refractivity contribution in [2.45, 2.75) is 11.1 Å². The van der Waals surface area contributed by atoms with Crippen molar-refractivity contribution in [3.05, 3.63) is 29.3 Å². The number of benzene rings is 1. The molecule has 0 bridgehead atoms. The van der Waals surface area contributed by atoms with E-state index >= 15 is 0 Å². The number of carbonyl (C=O) groups excluding carboxylic acids is 1. The molecular weight excluding hydrogens is 375 g/mol. The molecule has 0 aliphatic carbocycles. The first-order chi connectivity index (χ1) is 12.1. The highest BCUT2D eigenvalue weighted by Gasteiger charge is 2.37. The Morgan fingerprint density at radius 1 is 1.31 bits per heavy atom. The number of carbonyl (C=O) groups is 1. The molecule has 1 aromatic rings. The van der Waals surface area contributed by atoms with Gasteiger partial charge in [0.15, 0.2) is 0 Å². The molecule has 11 heteroatoms. The van der Waals surface area contributed by atoms with Crippen molar-refractivity contribution in [1.82, 2.24) is 14.9 Å². The summed E-state index contributed by atoms with van der Waals surface area (Å²) in [5.74, 6) is -1.19. The maximum absolute atomic E-state index is 13.2. The molecule has 7 nitrogen and oxygen atoms in total. The Kier molecular flexibility index (Phi) is 6.61. The van der Waals surface area contributed by atoms with Crippen LogP contribution in [0.2, 0.25) is 0 Å². The van der Waals surface area contributed by atoms with Crippen molar-refractivity contribution >= 4 is 16.0 Å². The Bertz CT molecular complexity index is 747. The van der Waals surface area contributed by atoms with Gasteiger partial charge < -0.3 is 10.1 Å². The van der Waals surface area contributed by atoms with E-state index in [2.05, 4.69) is 14.8 Å². The number of ether oxygens (including phenoxy) is 1. The maximum Gasteiger partial charge on any atom is 0.417 e. The first-order valence-electron chi connectivity index (χ1n) is 7.87. The number of hydrogen-bond donors (Lipinski definition) is 2. The van der Waals surface area contributed by atoms with E-state index in [1.165, 1.54) is 0 Å². The van der Waals surface area contributed by atoms with Crippen LogP contribution in [0.1, 0.15) is 15.9 Å². The molecule has 0 saturated carbocycles. The quantitative estimate of drug-likeness (QED) is 0.689. The summed E-state index contributed by atoms with van der Waals surface area (Å²) in [7, 11) is -3.19. The lowest BCUT2D eigenvalue weighted by molar-refractivity contribution is -0.138. The largest absolute Gasteiger partial charge is 0.465 e. The first kappa shape index (κ1) is 20.6. The lowest BCUT2D eigenvalue weighted by Crippen LogP contribution is -2.46. The second-order valence-electron chi connectivity index (χ2n) is 5.69. The minimum atomic E-state index is -4.89. The first-order valence-corrected chi connectivity index (χ1v) is 9.36. The molecular formula is C15H20F3N3O4S. The molecule has 0 aromatic heterocycles. The third-order valence-corrected chi connectivity index (χ3v) is 5.40. The summed E-state index contributed by atoms with van der Waals surface area (Å²) in [5.41, 5.74) is -2.09. The molecule has 1 saturated heterocycles. The predicted molar refractivity (Wildman–Crippen MR) is 87.3 cm³/mol. The number of nitrogens with zero attached hydrogens (tertiary/aromatic N) is 1. The molecule has 1 fully saturated rings. The monoisotopic (exact) mass is 395 g/mol. The maximum atomic E-state index is 13.2. The molecule has 26 heavy (non-hydrogen) atoms. The summed E-state index contributed by atoms with van der Waals surface area (Å²) in [4.78, 5) is 13.0. The van der Waals surface area contributed by atoms with Gasteiger partial charge >= 0.3 is 12.1 Å². The van der Waals surface area contributed by atoms with Crippen LogP contribution in [-0.2, 0) is 20.9 Å². The number of methoxy groups -OCH3 is 1. The molecule has 0 spiro atoms. The second-order valence-corrected chi connectivity index (χ2v) is 7.45. The Morgan fingerprint density at radius 2 is 1.96 bits per heavy atom. The SMILES string of the molecule is COC(=O)c1ccc(S(=O)(=O)NCCN2CCNCC2)cc1C(F)(F)F. The van der Waals surface area contributed by atoms with Crippen LogP contribution in [0.4, 0.5) is 13.2 Å². The van der Waals surface area contributed by atoms with E-state index in [9.17, 15) is 26.4 Å². The van der Waals surface area contributed by atoms with Gasteiger partial charge in [-0.25, -0.2) is 17.9 Å². The summed E-state index contributed by atoms with van der Waals surface area (Å²) in [6.45, 7) is 3.67. The molecule has 146 valence electrons. The Labute approximate surface area is 149 Å². The van der Waals surface area contributed by atoms with Gasteiger partial charge in [0.05, 0.1) is 23.1 Å². The van der Waals surface area contributed by atoms with Crippen LogP contribution in [0, 0.1) is 0 Å². The van der Waals surface area contributed by atoms with Crippen molar-refractivity contribution < 1.29 is 31.1 Å². The molecule has 2 N–H and O–H groups in total. The van der Waals surface area contributed by atoms with Crippen LogP contribution >= 0.6 is 0 Å². The predicted octanol–water partition coefficient (Wildman–Crippen LogP) is 0.675. The summed E-state index contributed by atoms with van der Waals surface area (Å²) in [6, 6.07) is 2.20. The summed E-state index contributed by atoms with van der Waals surface area (Å²) in [6.07, 6.45) is -4.89. The Balaban J connectivity index is 2.16. The second kappa shape index (κ2) is 8.33. The third kappa shape index (κ3) is 5.16. The molecule has 1 aliphatic rings. The zero-order valence-corrected chi connectivity index (χ0v) is 14.9. The number of piperazine rings is 1. The summed E-state index contributed by atoms with van der Waals surface area (Å²) in [5, 5.41) is 3.16. The van der Waals surface area contributed by atoms with E-state index in [1.807, 2.05) is 4.90 Å².